The van der Waals surface area contributed by atoms with Crippen molar-refractivity contribution >= 4 is 28.9 Å². The highest BCUT2D eigenvalue weighted by molar-refractivity contribution is 6.30. The Hall–Kier alpha value is -3.12. The zero-order chi connectivity index (χ0) is 22.2. The molecule has 0 N–H and O–H groups in total. The van der Waals surface area contributed by atoms with E-state index in [1.165, 1.54) is 35.6 Å². The molecule has 2 aliphatic rings. The summed E-state index contributed by atoms with van der Waals surface area (Å²) in [6.45, 7) is 3.92. The number of hydrogen-bond donors (Lipinski definition) is 0. The van der Waals surface area contributed by atoms with E-state index >= 15 is 0 Å². The minimum absolute atomic E-state index is 0.673. The van der Waals surface area contributed by atoms with Gasteiger partial charge in [0, 0.05) is 48.9 Å². The van der Waals surface area contributed by atoms with Crippen LogP contribution in [0.25, 0.3) is 5.78 Å². The van der Waals surface area contributed by atoms with Gasteiger partial charge in [0.25, 0.3) is 5.78 Å². The molecule has 0 amide bonds. The van der Waals surface area contributed by atoms with Crippen LogP contribution in [0.3, 0.4) is 0 Å². The summed E-state index contributed by atoms with van der Waals surface area (Å²) < 4.78 is 2.01. The Labute approximate surface area is 198 Å². The molecule has 0 saturated carbocycles. The maximum absolute atomic E-state index is 6.05. The van der Waals surface area contributed by atoms with Crippen molar-refractivity contribution in [3.8, 4) is 0 Å². The number of hydrogen-bond acceptors (Lipinski definition) is 5. The number of anilines is 2. The fourth-order valence-corrected chi connectivity index (χ4v) is 5.19. The highest BCUT2D eigenvalue weighted by Crippen LogP contribution is 2.31. The number of aromatic nitrogens is 4. The van der Waals surface area contributed by atoms with E-state index < -0.39 is 0 Å². The summed E-state index contributed by atoms with van der Waals surface area (Å²) >= 11 is 6.05. The molecule has 1 aliphatic carbocycles. The first-order valence-electron chi connectivity index (χ1n) is 11.8. The molecule has 4 aromatic rings. The Kier molecular flexibility index (Phi) is 5.38. The highest BCUT2D eigenvalue weighted by atomic mass is 35.5. The zero-order valence-corrected chi connectivity index (χ0v) is 19.4. The van der Waals surface area contributed by atoms with Crippen molar-refractivity contribution in [1.29, 1.82) is 0 Å². The van der Waals surface area contributed by atoms with Gasteiger partial charge < -0.3 is 9.80 Å². The maximum Gasteiger partial charge on any atom is 0.254 e. The molecule has 1 fully saturated rings. The molecule has 7 heteroatoms. The monoisotopic (exact) mass is 458 g/mol. The van der Waals surface area contributed by atoms with Gasteiger partial charge in [-0.05, 0) is 55.5 Å². The Balaban J connectivity index is 1.33. The zero-order valence-electron chi connectivity index (χ0n) is 18.6. The fraction of sp³-hybridized carbons (Fsp3) is 0.346. The lowest BCUT2D eigenvalue weighted by Gasteiger charge is -2.38. The van der Waals surface area contributed by atoms with Gasteiger partial charge in [0.05, 0.1) is 5.69 Å². The predicted octanol–water partition coefficient (Wildman–Crippen LogP) is 4.57. The quantitative estimate of drug-likeness (QED) is 0.448. The molecule has 1 saturated heterocycles. The second kappa shape index (κ2) is 8.67. The minimum atomic E-state index is 0.673. The molecule has 33 heavy (non-hydrogen) atoms. The SMILES string of the molecule is Clc1ccc(Cc2nc3nc4c(c(N5CCN(c6ccccc6)CC5)n3n2)CCCC4)cc1. The van der Waals surface area contributed by atoms with Crippen LogP contribution in [0.2, 0.25) is 5.02 Å². The van der Waals surface area contributed by atoms with Crippen molar-refractivity contribution in [2.24, 2.45) is 0 Å². The van der Waals surface area contributed by atoms with Crippen LogP contribution in [0, 0.1) is 0 Å². The first-order chi connectivity index (χ1) is 16.2. The van der Waals surface area contributed by atoms with E-state index in [1.807, 2.05) is 28.8 Å². The van der Waals surface area contributed by atoms with E-state index in [-0.39, 0.29) is 0 Å². The summed E-state index contributed by atoms with van der Waals surface area (Å²) in [4.78, 5) is 14.7. The molecule has 0 atom stereocenters. The molecular weight excluding hydrogens is 432 g/mol. The summed E-state index contributed by atoms with van der Waals surface area (Å²) in [6, 6.07) is 18.6. The van der Waals surface area contributed by atoms with Crippen molar-refractivity contribution in [1.82, 2.24) is 19.6 Å². The summed E-state index contributed by atoms with van der Waals surface area (Å²) in [5, 5.41) is 5.69. The Morgan fingerprint density at radius 3 is 2.30 bits per heavy atom. The van der Waals surface area contributed by atoms with Crippen molar-refractivity contribution in [2.45, 2.75) is 32.1 Å². The molecule has 2 aromatic heterocycles. The largest absolute Gasteiger partial charge is 0.368 e. The summed E-state index contributed by atoms with van der Waals surface area (Å²) in [7, 11) is 0. The van der Waals surface area contributed by atoms with Gasteiger partial charge in [-0.2, -0.15) is 9.50 Å². The first kappa shape index (κ1) is 20.5. The predicted molar refractivity (Wildman–Crippen MR) is 133 cm³/mol. The van der Waals surface area contributed by atoms with Gasteiger partial charge in [-0.1, -0.05) is 41.9 Å². The maximum atomic E-state index is 6.05. The standard InChI is InChI=1S/C26H27ClN6/c27-20-12-10-19(11-13-20)18-24-29-26-28-23-9-5-4-8-22(23)25(33(26)30-24)32-16-14-31(15-17-32)21-6-2-1-3-7-21/h1-3,6-7,10-13H,4-5,8-9,14-18H2. The van der Waals surface area contributed by atoms with E-state index in [0.29, 0.717) is 6.42 Å². The fourth-order valence-electron chi connectivity index (χ4n) is 5.06. The topological polar surface area (TPSA) is 49.6 Å². The third-order valence-electron chi connectivity index (χ3n) is 6.75. The van der Waals surface area contributed by atoms with Crippen molar-refractivity contribution < 1.29 is 0 Å². The first-order valence-corrected chi connectivity index (χ1v) is 12.2. The van der Waals surface area contributed by atoms with Gasteiger partial charge in [0.2, 0.25) is 0 Å². The number of benzene rings is 2. The second-order valence-corrected chi connectivity index (χ2v) is 9.36. The van der Waals surface area contributed by atoms with Gasteiger partial charge in [-0.15, -0.1) is 5.10 Å². The normalized spacial score (nSPS) is 16.3. The molecule has 0 bridgehead atoms. The number of aryl methyl sites for hydroxylation is 1. The highest BCUT2D eigenvalue weighted by Gasteiger charge is 2.27. The van der Waals surface area contributed by atoms with Crippen LogP contribution in [0.5, 0.6) is 0 Å². The molecule has 3 heterocycles. The van der Waals surface area contributed by atoms with E-state index in [1.54, 1.807) is 0 Å². The molecule has 0 unspecified atom stereocenters. The van der Waals surface area contributed by atoms with E-state index in [2.05, 4.69) is 40.1 Å². The number of nitrogens with zero attached hydrogens (tertiary/aromatic N) is 6. The van der Waals surface area contributed by atoms with Crippen molar-refractivity contribution in [3.05, 3.63) is 82.3 Å². The lowest BCUT2D eigenvalue weighted by molar-refractivity contribution is 0.614. The third kappa shape index (κ3) is 4.04. The second-order valence-electron chi connectivity index (χ2n) is 8.92. The van der Waals surface area contributed by atoms with E-state index in [9.17, 15) is 0 Å². The molecule has 6 rings (SSSR count). The lowest BCUT2D eigenvalue weighted by Crippen LogP contribution is -2.47. The van der Waals surface area contributed by atoms with Crippen LogP contribution >= 0.6 is 11.6 Å². The van der Waals surface area contributed by atoms with Gasteiger partial charge in [-0.3, -0.25) is 0 Å². The van der Waals surface area contributed by atoms with Crippen molar-refractivity contribution in [3.63, 3.8) is 0 Å². The average molecular weight is 459 g/mol. The smallest absolute Gasteiger partial charge is 0.254 e. The van der Waals surface area contributed by atoms with Gasteiger partial charge in [0.1, 0.15) is 5.82 Å². The Morgan fingerprint density at radius 2 is 1.52 bits per heavy atom. The van der Waals surface area contributed by atoms with Crippen LogP contribution < -0.4 is 9.80 Å². The lowest BCUT2D eigenvalue weighted by atomic mass is 9.96. The van der Waals surface area contributed by atoms with Gasteiger partial charge in [-0.25, -0.2) is 4.98 Å². The van der Waals surface area contributed by atoms with Crippen LogP contribution in [-0.4, -0.2) is 45.8 Å². The number of halogens is 1. The summed E-state index contributed by atoms with van der Waals surface area (Å²) in [6.07, 6.45) is 5.18. The van der Waals surface area contributed by atoms with Crippen LogP contribution in [-0.2, 0) is 19.3 Å². The molecule has 0 radical (unpaired) electrons. The molecule has 168 valence electrons. The van der Waals surface area contributed by atoms with Crippen LogP contribution in [0.4, 0.5) is 11.5 Å². The van der Waals surface area contributed by atoms with Gasteiger partial charge >= 0.3 is 0 Å². The third-order valence-corrected chi connectivity index (χ3v) is 7.01. The van der Waals surface area contributed by atoms with E-state index in [4.69, 9.17) is 26.7 Å². The van der Waals surface area contributed by atoms with Gasteiger partial charge in [0.15, 0.2) is 5.82 Å². The summed E-state index contributed by atoms with van der Waals surface area (Å²) in [5.41, 5.74) is 5.02. The van der Waals surface area contributed by atoms with Crippen LogP contribution in [0.1, 0.15) is 35.5 Å². The Morgan fingerprint density at radius 1 is 0.788 bits per heavy atom. The number of fused-ring (bicyclic) bond motifs is 2. The van der Waals surface area contributed by atoms with Crippen LogP contribution in [0.15, 0.2) is 54.6 Å². The number of piperazine rings is 1. The Bertz CT molecular complexity index is 1260. The number of rotatable bonds is 4. The number of para-hydroxylation sites is 1. The average Bonchev–Trinajstić information content (AvgIpc) is 3.26. The molecule has 0 spiro atoms. The molecule has 1 aliphatic heterocycles. The van der Waals surface area contributed by atoms with Crippen molar-refractivity contribution in [2.75, 3.05) is 36.0 Å². The summed E-state index contributed by atoms with van der Waals surface area (Å²) in [5.74, 6) is 2.73. The molecule has 2 aromatic carbocycles. The minimum Gasteiger partial charge on any atom is -0.368 e. The van der Waals surface area contributed by atoms with E-state index in [0.717, 1.165) is 61.2 Å². The molecular formula is C26H27ClN6. The molecule has 6 nitrogen and oxygen atoms in total.